The fourth-order valence-corrected chi connectivity index (χ4v) is 8.27. The lowest BCUT2D eigenvalue weighted by atomic mass is 9.52. The molecule has 0 bridgehead atoms. The van der Waals surface area contributed by atoms with Gasteiger partial charge in [0.2, 0.25) is 0 Å². The Kier molecular flexibility index (Phi) is 9.77. The third-order valence-corrected chi connectivity index (χ3v) is 11.9. The summed E-state index contributed by atoms with van der Waals surface area (Å²) in [6.07, 6.45) is 0. The van der Waals surface area contributed by atoms with Crippen LogP contribution in [-0.4, -0.2) is 114 Å². The number of carbonyl (C=O) groups is 1. The van der Waals surface area contributed by atoms with Gasteiger partial charge in [0.1, 0.15) is 11.2 Å². The number of esters is 1. The van der Waals surface area contributed by atoms with E-state index in [1.54, 1.807) is 0 Å². The van der Waals surface area contributed by atoms with E-state index in [1.165, 1.54) is 41.5 Å². The molecule has 0 spiro atoms. The van der Waals surface area contributed by atoms with Crippen molar-refractivity contribution in [1.29, 1.82) is 0 Å². The Bertz CT molecular complexity index is 1480. The van der Waals surface area contributed by atoms with Crippen LogP contribution in [0.5, 0.6) is 0 Å². The first kappa shape index (κ1) is 39.1. The second-order valence-corrected chi connectivity index (χ2v) is 16.5. The monoisotopic (exact) mass is 701 g/mol. The van der Waals surface area contributed by atoms with Crippen molar-refractivity contribution in [2.75, 3.05) is 19.8 Å². The van der Waals surface area contributed by atoms with E-state index in [4.69, 9.17) is 18.4 Å². The van der Waals surface area contributed by atoms with Crippen molar-refractivity contribution in [3.8, 4) is 0 Å². The molecule has 18 nitrogen and oxygen atoms in total. The van der Waals surface area contributed by atoms with Gasteiger partial charge in [-0.1, -0.05) is 6.92 Å². The molecule has 44 heavy (non-hydrogen) atoms. The van der Waals surface area contributed by atoms with Gasteiger partial charge in [-0.05, 0) is 62.3 Å². The molecule has 8 unspecified atom stereocenters. The molecule has 2 aliphatic rings. The van der Waals surface area contributed by atoms with Crippen molar-refractivity contribution in [2.24, 2.45) is 11.3 Å². The summed E-state index contributed by atoms with van der Waals surface area (Å²) < 4.78 is 128. The summed E-state index contributed by atoms with van der Waals surface area (Å²) in [7, 11) is -15.4. The van der Waals surface area contributed by atoms with Gasteiger partial charge in [-0.15, -0.1) is 0 Å². The second kappa shape index (κ2) is 11.0. The minimum absolute atomic E-state index is 0.739. The van der Waals surface area contributed by atoms with Crippen LogP contribution in [0.15, 0.2) is 0 Å². The lowest BCUT2D eigenvalue weighted by Crippen LogP contribution is -2.85. The minimum atomic E-state index is -5.28. The predicted octanol–water partition coefficient (Wildman–Crippen LogP) is -0.421. The lowest BCUT2D eigenvalue weighted by Gasteiger charge is -2.68. The zero-order chi connectivity index (χ0) is 35.0. The van der Waals surface area contributed by atoms with E-state index in [0.29, 0.717) is 0 Å². The van der Waals surface area contributed by atoms with Gasteiger partial charge in [0.15, 0.2) is 11.2 Å². The highest BCUT2D eigenvalue weighted by atomic mass is 32.3. The molecular weight excluding hydrogens is 658 g/mol. The summed E-state index contributed by atoms with van der Waals surface area (Å²) in [5, 5.41) is 23.4. The van der Waals surface area contributed by atoms with E-state index in [0.717, 1.165) is 27.7 Å². The molecule has 0 saturated carbocycles. The standard InChI is InChI=1S/C23H43NO17S3/c1-14-15(25)39-19(6,23(10,20(14,7)26)41-44(34,35)36)12-37-11-17(4)18(5,13-38-43(31,32)33)40-16(2,3)21(8,22(17,9)27)24-42(28,29)30/h14,24,26-27H,11-13H2,1-10H3,(H,28,29,30)(H,31,32,33)(H,34,35,36). The normalized spacial score (nSPS) is 43.4. The van der Waals surface area contributed by atoms with Crippen molar-refractivity contribution >= 4 is 37.1 Å². The molecular formula is C23H43NO17S3. The van der Waals surface area contributed by atoms with Crippen molar-refractivity contribution in [2.45, 2.75) is 108 Å². The Morgan fingerprint density at radius 1 is 0.795 bits per heavy atom. The fraction of sp³-hybridized carbons (Fsp3) is 0.957. The smallest absolute Gasteiger partial charge is 0.398 e. The Labute approximate surface area is 257 Å². The molecule has 6 N–H and O–H groups in total. The molecule has 0 radical (unpaired) electrons. The van der Waals surface area contributed by atoms with E-state index in [-0.39, 0.29) is 0 Å². The molecule has 0 amide bonds. The number of ether oxygens (including phenoxy) is 3. The maximum Gasteiger partial charge on any atom is 0.398 e. The van der Waals surface area contributed by atoms with Crippen LogP contribution in [0.3, 0.4) is 0 Å². The number of nitrogens with one attached hydrogen (secondary N) is 1. The maximum atomic E-state index is 12.7. The lowest BCUT2D eigenvalue weighted by molar-refractivity contribution is -0.353. The number of hydrogen-bond donors (Lipinski definition) is 6. The van der Waals surface area contributed by atoms with Gasteiger partial charge in [0.25, 0.3) is 0 Å². The highest BCUT2D eigenvalue weighted by Crippen LogP contribution is 2.59. The van der Waals surface area contributed by atoms with E-state index < -0.39 is 107 Å². The summed E-state index contributed by atoms with van der Waals surface area (Å²) in [6, 6.07) is 0. The number of carbonyl (C=O) groups excluding carboxylic acids is 1. The van der Waals surface area contributed by atoms with Crippen LogP contribution in [0.1, 0.15) is 69.2 Å². The molecule has 8 atom stereocenters. The molecule has 260 valence electrons. The first-order valence-electron chi connectivity index (χ1n) is 13.1. The Morgan fingerprint density at radius 3 is 1.73 bits per heavy atom. The predicted molar refractivity (Wildman–Crippen MR) is 149 cm³/mol. The molecule has 0 aromatic rings. The van der Waals surface area contributed by atoms with Gasteiger partial charge in [-0.2, -0.15) is 30.0 Å². The SMILES string of the molecule is CC1C(=O)OC(C)(COCC2(C)C(C)(COS(=O)(=O)O)OC(C)(C)C(C)(NS(=O)(=O)O)C2(C)O)C(C)(OS(=O)(=O)O)C1(C)O. The van der Waals surface area contributed by atoms with E-state index in [9.17, 15) is 53.9 Å². The van der Waals surface area contributed by atoms with E-state index in [1.807, 2.05) is 4.72 Å². The van der Waals surface area contributed by atoms with Crippen LogP contribution in [0.25, 0.3) is 0 Å². The quantitative estimate of drug-likeness (QED) is 0.118. The molecule has 0 aromatic heterocycles. The Hall–Kier alpha value is -1.08. The third-order valence-electron chi connectivity index (χ3n) is 10.3. The summed E-state index contributed by atoms with van der Waals surface area (Å²) in [5.74, 6) is -2.35. The van der Waals surface area contributed by atoms with Crippen molar-refractivity contribution < 1.29 is 76.5 Å². The topological polar surface area (TPSA) is 279 Å². The number of aliphatic hydroxyl groups is 2. The Morgan fingerprint density at radius 2 is 1.30 bits per heavy atom. The van der Waals surface area contributed by atoms with Crippen LogP contribution < -0.4 is 4.72 Å². The minimum Gasteiger partial charge on any atom is -0.453 e. The van der Waals surface area contributed by atoms with Gasteiger partial charge in [-0.25, -0.2) is 8.37 Å². The zero-order valence-electron chi connectivity index (χ0n) is 26.1. The highest BCUT2D eigenvalue weighted by Gasteiger charge is 2.74. The van der Waals surface area contributed by atoms with Crippen LogP contribution in [0.4, 0.5) is 0 Å². The van der Waals surface area contributed by atoms with Crippen molar-refractivity contribution in [1.82, 2.24) is 4.72 Å². The largest absolute Gasteiger partial charge is 0.453 e. The summed E-state index contributed by atoms with van der Waals surface area (Å²) in [5.41, 5.74) is -17.0. The second-order valence-electron chi connectivity index (χ2n) is 13.2. The van der Waals surface area contributed by atoms with Crippen molar-refractivity contribution in [3.63, 3.8) is 0 Å². The number of rotatable bonds is 11. The van der Waals surface area contributed by atoms with Crippen molar-refractivity contribution in [3.05, 3.63) is 0 Å². The Balaban J connectivity index is 2.69. The van der Waals surface area contributed by atoms with Gasteiger partial charge in [0, 0.05) is 0 Å². The summed E-state index contributed by atoms with van der Waals surface area (Å²) in [6.45, 7) is 9.55. The van der Waals surface area contributed by atoms with E-state index in [2.05, 4.69) is 4.18 Å². The molecule has 2 heterocycles. The summed E-state index contributed by atoms with van der Waals surface area (Å²) >= 11 is 0. The number of cyclic esters (lactones) is 1. The first-order chi connectivity index (χ1) is 19.1. The maximum absolute atomic E-state index is 12.7. The highest BCUT2D eigenvalue weighted by molar-refractivity contribution is 7.83. The average molecular weight is 702 g/mol. The third kappa shape index (κ3) is 6.40. The van der Waals surface area contributed by atoms with Gasteiger partial charge in [-0.3, -0.25) is 18.5 Å². The summed E-state index contributed by atoms with van der Waals surface area (Å²) in [4.78, 5) is 12.7. The molecule has 2 fully saturated rings. The fourth-order valence-electron chi connectivity index (χ4n) is 6.17. The molecule has 2 saturated heterocycles. The first-order valence-corrected chi connectivity index (χ1v) is 17.3. The van der Waals surface area contributed by atoms with Crippen LogP contribution >= 0.6 is 0 Å². The molecule has 21 heteroatoms. The molecule has 0 aromatic carbocycles. The zero-order valence-corrected chi connectivity index (χ0v) is 28.5. The van der Waals surface area contributed by atoms with Gasteiger partial charge in [0.05, 0.1) is 47.9 Å². The molecule has 2 rings (SSSR count). The van der Waals surface area contributed by atoms with Crippen LogP contribution in [-0.2, 0) is 58.5 Å². The molecule has 0 aliphatic carbocycles. The van der Waals surface area contributed by atoms with Gasteiger partial charge >= 0.3 is 37.1 Å². The number of hydrogen-bond acceptors (Lipinski definition) is 14. The average Bonchev–Trinajstić information content (AvgIpc) is 2.77. The van der Waals surface area contributed by atoms with Crippen LogP contribution in [0.2, 0.25) is 0 Å². The van der Waals surface area contributed by atoms with E-state index >= 15 is 0 Å². The van der Waals surface area contributed by atoms with Gasteiger partial charge < -0.3 is 24.4 Å². The molecule has 2 aliphatic heterocycles. The van der Waals surface area contributed by atoms with Crippen LogP contribution in [0, 0.1) is 11.3 Å².